The van der Waals surface area contributed by atoms with Gasteiger partial charge < -0.3 is 14.9 Å². The molecule has 0 radical (unpaired) electrons. The van der Waals surface area contributed by atoms with E-state index in [2.05, 4.69) is 0 Å². The van der Waals surface area contributed by atoms with E-state index in [1.54, 1.807) is 12.1 Å². The molecule has 1 aromatic carbocycles. The Morgan fingerprint density at radius 2 is 2.11 bits per heavy atom. The maximum atomic E-state index is 10.8. The van der Waals surface area contributed by atoms with Gasteiger partial charge in [-0.2, -0.15) is 0 Å². The normalized spacial score (nSPS) is 10.9. The minimum atomic E-state index is -0.860. The van der Waals surface area contributed by atoms with Gasteiger partial charge in [-0.15, -0.1) is 0 Å². The molecular formula is C13H19NO4. The van der Waals surface area contributed by atoms with Crippen molar-refractivity contribution >= 4 is 5.97 Å². The van der Waals surface area contributed by atoms with Crippen LogP contribution in [0.25, 0.3) is 0 Å². The highest BCUT2D eigenvalue weighted by atomic mass is 16.5. The standard InChI is InChI=1S/C13H19NO4/c1-9(2)14(8-13(16)17)7-10-4-5-12(18-3)11(15)6-10/h4-6,9,15H,7-8H2,1-3H3,(H,16,17). The van der Waals surface area contributed by atoms with Crippen LogP contribution in [0.15, 0.2) is 18.2 Å². The second-order valence-electron chi connectivity index (χ2n) is 4.40. The molecule has 0 fully saturated rings. The molecule has 5 nitrogen and oxygen atoms in total. The third-order valence-corrected chi connectivity index (χ3v) is 2.70. The number of carboxylic acids is 1. The highest BCUT2D eigenvalue weighted by molar-refractivity contribution is 5.69. The number of ether oxygens (including phenoxy) is 1. The van der Waals surface area contributed by atoms with Crippen molar-refractivity contribution < 1.29 is 19.7 Å². The van der Waals surface area contributed by atoms with E-state index in [9.17, 15) is 9.90 Å². The molecule has 0 aliphatic heterocycles. The number of aliphatic carboxylic acids is 1. The van der Waals surface area contributed by atoms with Crippen molar-refractivity contribution in [2.24, 2.45) is 0 Å². The lowest BCUT2D eigenvalue weighted by Gasteiger charge is -2.24. The molecule has 0 aliphatic carbocycles. The number of phenolic OH excluding ortho intramolecular Hbond substituents is 1. The molecule has 0 saturated heterocycles. The van der Waals surface area contributed by atoms with Crippen molar-refractivity contribution in [2.45, 2.75) is 26.4 Å². The number of phenols is 1. The van der Waals surface area contributed by atoms with Gasteiger partial charge in [0.05, 0.1) is 13.7 Å². The summed E-state index contributed by atoms with van der Waals surface area (Å²) in [6.45, 7) is 4.32. The van der Waals surface area contributed by atoms with Crippen LogP contribution < -0.4 is 4.74 Å². The minimum absolute atomic E-state index is 0.0234. The van der Waals surface area contributed by atoms with E-state index in [0.717, 1.165) is 5.56 Å². The number of nitrogens with zero attached hydrogens (tertiary/aromatic N) is 1. The first-order chi connectivity index (χ1) is 8.43. The number of rotatable bonds is 6. The smallest absolute Gasteiger partial charge is 0.317 e. The monoisotopic (exact) mass is 253 g/mol. The summed E-state index contributed by atoms with van der Waals surface area (Å²) in [4.78, 5) is 12.6. The highest BCUT2D eigenvalue weighted by Crippen LogP contribution is 2.26. The molecule has 0 bridgehead atoms. The molecule has 5 heteroatoms. The Labute approximate surface area is 107 Å². The molecule has 0 unspecified atom stereocenters. The first-order valence-electron chi connectivity index (χ1n) is 5.75. The molecule has 18 heavy (non-hydrogen) atoms. The molecule has 0 amide bonds. The summed E-state index contributed by atoms with van der Waals surface area (Å²) in [5.41, 5.74) is 0.850. The Bertz CT molecular complexity index is 417. The fourth-order valence-corrected chi connectivity index (χ4v) is 1.66. The first kappa shape index (κ1) is 14.3. The predicted molar refractivity (Wildman–Crippen MR) is 67.8 cm³/mol. The van der Waals surface area contributed by atoms with Gasteiger partial charge >= 0.3 is 5.97 Å². The molecule has 0 spiro atoms. The van der Waals surface area contributed by atoms with E-state index in [1.165, 1.54) is 7.11 Å². The zero-order valence-electron chi connectivity index (χ0n) is 10.9. The summed E-state index contributed by atoms with van der Waals surface area (Å²) in [5.74, 6) is -0.386. The van der Waals surface area contributed by atoms with Gasteiger partial charge in [0.2, 0.25) is 0 Å². The number of hydrogen-bond acceptors (Lipinski definition) is 4. The zero-order valence-corrected chi connectivity index (χ0v) is 10.9. The number of hydrogen-bond donors (Lipinski definition) is 2. The fourth-order valence-electron chi connectivity index (χ4n) is 1.66. The lowest BCUT2D eigenvalue weighted by Crippen LogP contribution is -2.35. The molecule has 0 saturated carbocycles. The summed E-state index contributed by atoms with van der Waals surface area (Å²) in [5, 5.41) is 18.5. The topological polar surface area (TPSA) is 70.0 Å². The summed E-state index contributed by atoms with van der Waals surface area (Å²) in [6, 6.07) is 5.20. The maximum Gasteiger partial charge on any atom is 0.317 e. The molecular weight excluding hydrogens is 234 g/mol. The van der Waals surface area contributed by atoms with Crippen molar-refractivity contribution in [3.8, 4) is 11.5 Å². The van der Waals surface area contributed by atoms with Gasteiger partial charge in [-0.3, -0.25) is 9.69 Å². The Hall–Kier alpha value is -1.75. The second-order valence-corrected chi connectivity index (χ2v) is 4.40. The Morgan fingerprint density at radius 1 is 1.44 bits per heavy atom. The highest BCUT2D eigenvalue weighted by Gasteiger charge is 2.14. The van der Waals surface area contributed by atoms with Gasteiger partial charge in [-0.05, 0) is 31.5 Å². The summed E-state index contributed by atoms with van der Waals surface area (Å²) < 4.78 is 4.96. The molecule has 2 N–H and O–H groups in total. The van der Waals surface area contributed by atoms with Crippen molar-refractivity contribution in [3.05, 3.63) is 23.8 Å². The van der Waals surface area contributed by atoms with E-state index in [-0.39, 0.29) is 18.3 Å². The number of carboxylic acid groups (broad SMARTS) is 1. The van der Waals surface area contributed by atoms with Crippen LogP contribution in [-0.4, -0.2) is 40.8 Å². The summed E-state index contributed by atoms with van der Waals surface area (Å²) in [7, 11) is 1.49. The zero-order chi connectivity index (χ0) is 13.7. The molecule has 1 rings (SSSR count). The van der Waals surface area contributed by atoms with Crippen LogP contribution in [-0.2, 0) is 11.3 Å². The van der Waals surface area contributed by atoms with E-state index >= 15 is 0 Å². The third kappa shape index (κ3) is 3.92. The van der Waals surface area contributed by atoms with Crippen molar-refractivity contribution in [1.82, 2.24) is 4.90 Å². The maximum absolute atomic E-state index is 10.8. The van der Waals surface area contributed by atoms with Gasteiger partial charge in [0.25, 0.3) is 0 Å². The van der Waals surface area contributed by atoms with Crippen LogP contribution in [0.1, 0.15) is 19.4 Å². The largest absolute Gasteiger partial charge is 0.504 e. The number of benzene rings is 1. The Balaban J connectivity index is 2.80. The van der Waals surface area contributed by atoms with Crippen LogP contribution in [0.4, 0.5) is 0 Å². The van der Waals surface area contributed by atoms with Crippen molar-refractivity contribution in [1.29, 1.82) is 0 Å². The Morgan fingerprint density at radius 3 is 2.56 bits per heavy atom. The van der Waals surface area contributed by atoms with Crippen molar-refractivity contribution in [3.63, 3.8) is 0 Å². The van der Waals surface area contributed by atoms with Gasteiger partial charge in [0.1, 0.15) is 0 Å². The van der Waals surface area contributed by atoms with Crippen LogP contribution in [0.3, 0.4) is 0 Å². The lowest BCUT2D eigenvalue weighted by molar-refractivity contribution is -0.138. The van der Waals surface area contributed by atoms with Crippen molar-refractivity contribution in [2.75, 3.05) is 13.7 Å². The SMILES string of the molecule is COc1ccc(CN(CC(=O)O)C(C)C)cc1O. The van der Waals surface area contributed by atoms with Crippen LogP contribution >= 0.6 is 0 Å². The average Bonchev–Trinajstić information content (AvgIpc) is 2.27. The summed E-state index contributed by atoms with van der Waals surface area (Å²) in [6.07, 6.45) is 0. The third-order valence-electron chi connectivity index (χ3n) is 2.70. The van der Waals surface area contributed by atoms with Crippen LogP contribution in [0, 0.1) is 0 Å². The van der Waals surface area contributed by atoms with Crippen LogP contribution in [0.2, 0.25) is 0 Å². The first-order valence-corrected chi connectivity index (χ1v) is 5.75. The number of methoxy groups -OCH3 is 1. The van der Waals surface area contributed by atoms with E-state index in [0.29, 0.717) is 12.3 Å². The fraction of sp³-hybridized carbons (Fsp3) is 0.462. The molecule has 0 aliphatic rings. The molecule has 0 heterocycles. The van der Waals surface area contributed by atoms with Gasteiger partial charge in [-0.25, -0.2) is 0 Å². The molecule has 100 valence electrons. The average molecular weight is 253 g/mol. The predicted octanol–water partition coefficient (Wildman–Crippen LogP) is 1.70. The van der Waals surface area contributed by atoms with Gasteiger partial charge in [-0.1, -0.05) is 6.07 Å². The van der Waals surface area contributed by atoms with Gasteiger partial charge in [0.15, 0.2) is 11.5 Å². The Kier molecular flexibility index (Phi) is 4.97. The molecule has 0 atom stereocenters. The van der Waals surface area contributed by atoms with Gasteiger partial charge in [0, 0.05) is 12.6 Å². The quantitative estimate of drug-likeness (QED) is 0.807. The second kappa shape index (κ2) is 6.26. The van der Waals surface area contributed by atoms with Crippen LogP contribution in [0.5, 0.6) is 11.5 Å². The van der Waals surface area contributed by atoms with E-state index < -0.39 is 5.97 Å². The summed E-state index contributed by atoms with van der Waals surface area (Å²) >= 11 is 0. The molecule has 1 aromatic rings. The lowest BCUT2D eigenvalue weighted by atomic mass is 10.1. The molecule has 0 aromatic heterocycles. The van der Waals surface area contributed by atoms with E-state index in [1.807, 2.05) is 24.8 Å². The van der Waals surface area contributed by atoms with E-state index in [4.69, 9.17) is 9.84 Å². The number of carbonyl (C=O) groups is 1. The number of aromatic hydroxyl groups is 1. The minimum Gasteiger partial charge on any atom is -0.504 e.